The normalized spacial score (nSPS) is 11.9. The number of anilines is 3. The zero-order chi connectivity index (χ0) is 30.2. The van der Waals surface area contributed by atoms with Gasteiger partial charge in [-0.1, -0.05) is 72.8 Å². The highest BCUT2D eigenvalue weighted by Crippen LogP contribution is 2.46. The number of oxazole rings is 1. The van der Waals surface area contributed by atoms with Crippen molar-refractivity contribution in [3.63, 3.8) is 0 Å². The average molecular weight is 593 g/mol. The number of hydrogen-bond donors (Lipinski definition) is 0. The standard InChI is InChI=1S/C41H24N2O3/c1-2-11-26(12-3-1)43(33-16-9-19-36-39(33)30-22-20-25-10-4-5-13-28(25)40(30)45-36)27-21-23-29-37(24-27)44-35-18-8-14-31(38(29)35)41-42-32-15-6-7-17-34(32)46-41/h1-24H. The minimum Gasteiger partial charge on any atom is -0.456 e. The minimum atomic E-state index is 0.579. The molecule has 0 aliphatic heterocycles. The van der Waals surface area contributed by atoms with Crippen LogP contribution in [0.5, 0.6) is 0 Å². The zero-order valence-electron chi connectivity index (χ0n) is 24.5. The van der Waals surface area contributed by atoms with Gasteiger partial charge in [-0.05, 0) is 72.1 Å². The maximum Gasteiger partial charge on any atom is 0.228 e. The molecule has 7 aromatic carbocycles. The molecule has 5 nitrogen and oxygen atoms in total. The molecule has 10 aromatic rings. The summed E-state index contributed by atoms with van der Waals surface area (Å²) in [6.07, 6.45) is 0. The van der Waals surface area contributed by atoms with Gasteiger partial charge in [-0.25, -0.2) is 4.98 Å². The third kappa shape index (κ3) is 3.66. The smallest absolute Gasteiger partial charge is 0.228 e. The van der Waals surface area contributed by atoms with Gasteiger partial charge in [-0.15, -0.1) is 0 Å². The molecule has 0 fully saturated rings. The van der Waals surface area contributed by atoms with Crippen molar-refractivity contribution in [2.75, 3.05) is 4.90 Å². The van der Waals surface area contributed by atoms with Crippen molar-refractivity contribution < 1.29 is 13.3 Å². The van der Waals surface area contributed by atoms with Crippen LogP contribution in [0, 0.1) is 0 Å². The van der Waals surface area contributed by atoms with Crippen molar-refractivity contribution in [3.05, 3.63) is 146 Å². The maximum atomic E-state index is 6.56. The fourth-order valence-electron chi connectivity index (χ4n) is 6.84. The number of rotatable bonds is 4. The Bertz CT molecular complexity index is 2740. The Labute approximate surface area is 262 Å². The third-order valence-corrected chi connectivity index (χ3v) is 8.88. The molecular formula is C41H24N2O3. The Morgan fingerprint density at radius 2 is 1.22 bits per heavy atom. The van der Waals surface area contributed by atoms with Gasteiger partial charge in [0.05, 0.1) is 11.1 Å². The quantitative estimate of drug-likeness (QED) is 0.203. The van der Waals surface area contributed by atoms with E-state index in [0.29, 0.717) is 5.89 Å². The van der Waals surface area contributed by atoms with Gasteiger partial charge in [0.25, 0.3) is 0 Å². The summed E-state index contributed by atoms with van der Waals surface area (Å²) in [4.78, 5) is 7.07. The molecule has 0 aliphatic carbocycles. The molecule has 0 N–H and O–H groups in total. The molecule has 0 atom stereocenters. The van der Waals surface area contributed by atoms with Crippen molar-refractivity contribution in [1.82, 2.24) is 4.98 Å². The van der Waals surface area contributed by atoms with Crippen molar-refractivity contribution in [1.29, 1.82) is 0 Å². The van der Waals surface area contributed by atoms with E-state index in [0.717, 1.165) is 88.4 Å². The van der Waals surface area contributed by atoms with E-state index in [9.17, 15) is 0 Å². The molecule has 46 heavy (non-hydrogen) atoms. The van der Waals surface area contributed by atoms with Crippen molar-refractivity contribution in [2.45, 2.75) is 0 Å². The molecule has 5 heteroatoms. The highest BCUT2D eigenvalue weighted by atomic mass is 16.4. The van der Waals surface area contributed by atoms with Crippen LogP contribution >= 0.6 is 0 Å². The second-order valence-electron chi connectivity index (χ2n) is 11.5. The van der Waals surface area contributed by atoms with Gasteiger partial charge >= 0.3 is 0 Å². The lowest BCUT2D eigenvalue weighted by atomic mass is 10.0. The Morgan fingerprint density at radius 1 is 0.457 bits per heavy atom. The molecule has 0 saturated heterocycles. The summed E-state index contributed by atoms with van der Waals surface area (Å²) in [6.45, 7) is 0. The molecule has 0 aliphatic rings. The summed E-state index contributed by atoms with van der Waals surface area (Å²) in [6, 6.07) is 49.7. The van der Waals surface area contributed by atoms with Crippen molar-refractivity contribution in [3.8, 4) is 11.5 Å². The predicted octanol–water partition coefficient (Wildman–Crippen LogP) is 11.9. The van der Waals surface area contributed by atoms with E-state index >= 15 is 0 Å². The maximum absolute atomic E-state index is 6.56. The Morgan fingerprint density at radius 3 is 2.13 bits per heavy atom. The Balaban J connectivity index is 1.20. The SMILES string of the molecule is c1ccc(N(c2ccc3c(c2)oc2cccc(-c4nc5ccccc5o4)c23)c2cccc3oc4c5ccccc5ccc4c23)cc1. The van der Waals surface area contributed by atoms with Crippen molar-refractivity contribution in [2.24, 2.45) is 0 Å². The first-order valence-electron chi connectivity index (χ1n) is 15.3. The molecule has 0 spiro atoms. The minimum absolute atomic E-state index is 0.579. The van der Waals surface area contributed by atoms with Gasteiger partial charge in [-0.3, -0.25) is 0 Å². The highest BCUT2D eigenvalue weighted by molar-refractivity contribution is 6.20. The van der Waals surface area contributed by atoms with Crippen molar-refractivity contribution >= 4 is 82.8 Å². The fourth-order valence-corrected chi connectivity index (χ4v) is 6.84. The third-order valence-electron chi connectivity index (χ3n) is 8.88. The summed E-state index contributed by atoms with van der Waals surface area (Å²) >= 11 is 0. The topological polar surface area (TPSA) is 55.6 Å². The van der Waals surface area contributed by atoms with Gasteiger partial charge in [0.1, 0.15) is 27.8 Å². The second-order valence-corrected chi connectivity index (χ2v) is 11.5. The Kier molecular flexibility index (Phi) is 5.22. The number of hydrogen-bond acceptors (Lipinski definition) is 5. The summed E-state index contributed by atoms with van der Waals surface area (Å²) in [7, 11) is 0. The van der Waals surface area contributed by atoms with E-state index in [-0.39, 0.29) is 0 Å². The van der Waals surface area contributed by atoms with E-state index in [1.807, 2.05) is 54.6 Å². The number of fused-ring (bicyclic) bond motifs is 9. The molecule has 0 unspecified atom stereocenters. The van der Waals surface area contributed by atoms with Crippen LogP contribution in [0.2, 0.25) is 0 Å². The average Bonchev–Trinajstić information content (AvgIpc) is 3.82. The fraction of sp³-hybridized carbons (Fsp3) is 0. The number of para-hydroxylation sites is 3. The molecular weight excluding hydrogens is 568 g/mol. The van der Waals surface area contributed by atoms with Gasteiger partial charge in [0.2, 0.25) is 5.89 Å². The van der Waals surface area contributed by atoms with Gasteiger partial charge in [0.15, 0.2) is 5.58 Å². The second kappa shape index (κ2) is 9.58. The summed E-state index contributed by atoms with van der Waals surface area (Å²) in [5.74, 6) is 0.579. The monoisotopic (exact) mass is 592 g/mol. The molecule has 216 valence electrons. The lowest BCUT2D eigenvalue weighted by Gasteiger charge is -2.26. The molecule has 10 rings (SSSR count). The van der Waals surface area contributed by atoms with Crippen LogP contribution in [0.25, 0.3) is 77.2 Å². The summed E-state index contributed by atoms with van der Waals surface area (Å²) in [5.41, 5.74) is 8.85. The highest BCUT2D eigenvalue weighted by Gasteiger charge is 2.22. The van der Waals surface area contributed by atoms with Crippen LogP contribution in [0.4, 0.5) is 17.1 Å². The number of nitrogens with zero attached hydrogens (tertiary/aromatic N) is 2. The first-order valence-corrected chi connectivity index (χ1v) is 15.3. The van der Waals surface area contributed by atoms with Crippen LogP contribution in [-0.4, -0.2) is 4.98 Å². The van der Waals surface area contributed by atoms with Crippen LogP contribution in [-0.2, 0) is 0 Å². The van der Waals surface area contributed by atoms with Crippen LogP contribution in [0.15, 0.2) is 159 Å². The molecule has 0 saturated carbocycles. The summed E-state index contributed by atoms with van der Waals surface area (Å²) < 4.78 is 19.3. The van der Waals surface area contributed by atoms with Gasteiger partial charge in [-0.2, -0.15) is 0 Å². The number of benzene rings is 7. The van der Waals surface area contributed by atoms with Crippen LogP contribution in [0.3, 0.4) is 0 Å². The lowest BCUT2D eigenvalue weighted by molar-refractivity contribution is 0.620. The number of aromatic nitrogens is 1. The van der Waals surface area contributed by atoms with Gasteiger partial charge < -0.3 is 18.2 Å². The van der Waals surface area contributed by atoms with Gasteiger partial charge in [0, 0.05) is 44.5 Å². The Hall–Kier alpha value is -6.33. The van der Waals surface area contributed by atoms with E-state index in [1.54, 1.807) is 0 Å². The summed E-state index contributed by atoms with van der Waals surface area (Å²) in [5, 5.41) is 6.39. The number of furan rings is 2. The molecule has 0 bridgehead atoms. The van der Waals surface area contributed by atoms with Crippen LogP contribution < -0.4 is 4.90 Å². The first kappa shape index (κ1) is 25.0. The largest absolute Gasteiger partial charge is 0.456 e. The lowest BCUT2D eigenvalue weighted by Crippen LogP contribution is -2.10. The predicted molar refractivity (Wildman–Crippen MR) is 186 cm³/mol. The van der Waals surface area contributed by atoms with E-state index in [2.05, 4.69) is 95.9 Å². The van der Waals surface area contributed by atoms with Crippen LogP contribution in [0.1, 0.15) is 0 Å². The first-order chi connectivity index (χ1) is 22.8. The molecule has 0 amide bonds. The van der Waals surface area contributed by atoms with E-state index < -0.39 is 0 Å². The molecule has 3 aromatic heterocycles. The van der Waals surface area contributed by atoms with E-state index in [4.69, 9.17) is 18.2 Å². The zero-order valence-corrected chi connectivity index (χ0v) is 24.5. The van der Waals surface area contributed by atoms with E-state index in [1.165, 1.54) is 0 Å². The molecule has 3 heterocycles. The molecule has 0 radical (unpaired) electrons.